The molecular formula is C21H31N3O3. The molecule has 0 spiro atoms. The average molecular weight is 373 g/mol. The maximum absolute atomic E-state index is 12.0. The molecule has 27 heavy (non-hydrogen) atoms. The molecule has 2 unspecified atom stereocenters. The number of ether oxygens (including phenoxy) is 1. The number of nitrogens with zero attached hydrogens (tertiary/aromatic N) is 1. The molecule has 2 aliphatic rings. The minimum Gasteiger partial charge on any atom is -0.381 e. The van der Waals surface area contributed by atoms with Gasteiger partial charge in [-0.3, -0.25) is 15.0 Å². The Labute approximate surface area is 161 Å². The molecular weight excluding hydrogens is 342 g/mol. The summed E-state index contributed by atoms with van der Waals surface area (Å²) in [6.45, 7) is 3.22. The van der Waals surface area contributed by atoms with Crippen molar-refractivity contribution in [2.75, 3.05) is 33.4 Å². The summed E-state index contributed by atoms with van der Waals surface area (Å²) >= 11 is 0. The Kier molecular flexibility index (Phi) is 6.85. The lowest BCUT2D eigenvalue weighted by molar-refractivity contribution is -0.120. The predicted octanol–water partition coefficient (Wildman–Crippen LogP) is 2.64. The third-order valence-electron chi connectivity index (χ3n) is 5.90. The van der Waals surface area contributed by atoms with Crippen molar-refractivity contribution in [1.29, 1.82) is 0 Å². The number of rotatable bonds is 4. The molecule has 6 nitrogen and oxygen atoms in total. The van der Waals surface area contributed by atoms with Gasteiger partial charge in [0.05, 0.1) is 6.61 Å². The van der Waals surface area contributed by atoms with E-state index in [2.05, 4.69) is 46.8 Å². The molecule has 2 N–H and O–H groups in total. The standard InChI is InChI=1S/C21H31N3O3/c1-24(15-17-10-14-27-16-17)21(18-7-3-2-4-8-18)11-5-9-19(25)23-20(26)22-13-6-12-21/h2-4,7-8,17H,5-6,9-16H2,1H3,(H2,22,23,25,26). The summed E-state index contributed by atoms with van der Waals surface area (Å²) in [6.07, 6.45) is 4.91. The number of benzene rings is 1. The molecule has 3 amide bonds. The average Bonchev–Trinajstić information content (AvgIpc) is 3.16. The number of carbonyl (C=O) groups is 2. The van der Waals surface area contributed by atoms with E-state index in [4.69, 9.17) is 4.74 Å². The van der Waals surface area contributed by atoms with Crippen molar-refractivity contribution in [2.24, 2.45) is 5.92 Å². The van der Waals surface area contributed by atoms with Crippen molar-refractivity contribution in [2.45, 2.75) is 44.1 Å². The Morgan fingerprint density at radius 1 is 1.19 bits per heavy atom. The molecule has 1 aromatic rings. The summed E-state index contributed by atoms with van der Waals surface area (Å²) in [4.78, 5) is 26.2. The van der Waals surface area contributed by atoms with E-state index in [-0.39, 0.29) is 17.5 Å². The molecule has 148 valence electrons. The summed E-state index contributed by atoms with van der Waals surface area (Å²) < 4.78 is 5.58. The minimum absolute atomic E-state index is 0.140. The molecule has 1 aromatic carbocycles. The maximum Gasteiger partial charge on any atom is 0.321 e. The molecule has 3 rings (SSSR count). The van der Waals surface area contributed by atoms with E-state index < -0.39 is 0 Å². The fraction of sp³-hybridized carbons (Fsp3) is 0.619. The quantitative estimate of drug-likeness (QED) is 0.851. The second-order valence-electron chi connectivity index (χ2n) is 7.77. The second-order valence-corrected chi connectivity index (χ2v) is 7.77. The van der Waals surface area contributed by atoms with E-state index in [1.807, 2.05) is 6.07 Å². The molecule has 0 saturated carbocycles. The fourth-order valence-electron chi connectivity index (χ4n) is 4.41. The van der Waals surface area contributed by atoms with Crippen LogP contribution in [0.2, 0.25) is 0 Å². The number of hydrogen-bond acceptors (Lipinski definition) is 4. The SMILES string of the molecule is CN(CC1CCOC1)C1(c2ccccc2)CCCNC(=O)NC(=O)CCC1. The normalized spacial score (nSPS) is 27.7. The zero-order valence-electron chi connectivity index (χ0n) is 16.2. The van der Waals surface area contributed by atoms with Gasteiger partial charge in [-0.1, -0.05) is 30.3 Å². The van der Waals surface area contributed by atoms with Crippen LogP contribution in [0.5, 0.6) is 0 Å². The first-order chi connectivity index (χ1) is 13.1. The zero-order valence-corrected chi connectivity index (χ0v) is 16.2. The smallest absolute Gasteiger partial charge is 0.321 e. The van der Waals surface area contributed by atoms with E-state index in [1.54, 1.807) is 0 Å². The van der Waals surface area contributed by atoms with E-state index in [9.17, 15) is 9.59 Å². The largest absolute Gasteiger partial charge is 0.381 e. The van der Waals surface area contributed by atoms with Crippen LogP contribution in [0.1, 0.15) is 44.1 Å². The van der Waals surface area contributed by atoms with Crippen LogP contribution in [0.4, 0.5) is 4.79 Å². The molecule has 2 aliphatic heterocycles. The highest BCUT2D eigenvalue weighted by Crippen LogP contribution is 2.38. The van der Waals surface area contributed by atoms with Crippen molar-refractivity contribution in [3.8, 4) is 0 Å². The van der Waals surface area contributed by atoms with Crippen LogP contribution in [-0.4, -0.2) is 50.2 Å². The number of imide groups is 1. The summed E-state index contributed by atoms with van der Waals surface area (Å²) in [6, 6.07) is 10.2. The monoisotopic (exact) mass is 373 g/mol. The predicted molar refractivity (Wildman–Crippen MR) is 104 cm³/mol. The molecule has 2 saturated heterocycles. The van der Waals surface area contributed by atoms with Crippen molar-refractivity contribution >= 4 is 11.9 Å². The number of carbonyl (C=O) groups excluding carboxylic acids is 2. The summed E-state index contributed by atoms with van der Waals surface area (Å²) in [7, 11) is 2.20. The fourth-order valence-corrected chi connectivity index (χ4v) is 4.41. The van der Waals surface area contributed by atoms with Crippen LogP contribution in [-0.2, 0) is 15.1 Å². The Hall–Kier alpha value is -1.92. The summed E-state index contributed by atoms with van der Waals surface area (Å²) in [5, 5.41) is 5.22. The Morgan fingerprint density at radius 3 is 2.70 bits per heavy atom. The van der Waals surface area contributed by atoms with Gasteiger partial charge in [0.2, 0.25) is 5.91 Å². The van der Waals surface area contributed by atoms with Gasteiger partial charge in [0.25, 0.3) is 0 Å². The highest BCUT2D eigenvalue weighted by atomic mass is 16.5. The van der Waals surface area contributed by atoms with Gasteiger partial charge in [-0.2, -0.15) is 0 Å². The second kappa shape index (κ2) is 9.33. The molecule has 0 bridgehead atoms. The van der Waals surface area contributed by atoms with Crippen molar-refractivity contribution in [3.63, 3.8) is 0 Å². The third kappa shape index (κ3) is 5.08. The first-order valence-electron chi connectivity index (χ1n) is 10.0. The summed E-state index contributed by atoms with van der Waals surface area (Å²) in [5.74, 6) is 0.347. The van der Waals surface area contributed by atoms with Crippen molar-refractivity contribution in [3.05, 3.63) is 35.9 Å². The highest BCUT2D eigenvalue weighted by Gasteiger charge is 2.37. The number of urea groups is 1. The van der Waals surface area contributed by atoms with Crippen molar-refractivity contribution < 1.29 is 14.3 Å². The highest BCUT2D eigenvalue weighted by molar-refractivity contribution is 5.94. The topological polar surface area (TPSA) is 70.7 Å². The zero-order chi connectivity index (χ0) is 19.1. The van der Waals surface area contributed by atoms with Gasteiger partial charge in [-0.25, -0.2) is 4.79 Å². The van der Waals surface area contributed by atoms with Crippen LogP contribution in [0.25, 0.3) is 0 Å². The number of hydrogen-bond donors (Lipinski definition) is 2. The van der Waals surface area contributed by atoms with E-state index in [1.165, 1.54) is 5.56 Å². The molecule has 6 heteroatoms. The maximum atomic E-state index is 12.0. The van der Waals surface area contributed by atoms with Gasteiger partial charge >= 0.3 is 6.03 Å². The van der Waals surface area contributed by atoms with E-state index >= 15 is 0 Å². The van der Waals surface area contributed by atoms with Crippen LogP contribution >= 0.6 is 0 Å². The van der Waals surface area contributed by atoms with Crippen molar-refractivity contribution in [1.82, 2.24) is 15.5 Å². The number of nitrogens with one attached hydrogen (secondary N) is 2. The van der Waals surface area contributed by atoms with E-state index in [0.29, 0.717) is 18.9 Å². The molecule has 0 aliphatic carbocycles. The van der Waals surface area contributed by atoms with Crippen LogP contribution in [0, 0.1) is 5.92 Å². The van der Waals surface area contributed by atoms with Gasteiger partial charge in [0, 0.05) is 31.7 Å². The van der Waals surface area contributed by atoms with Gasteiger partial charge in [0.1, 0.15) is 0 Å². The lowest BCUT2D eigenvalue weighted by Crippen LogP contribution is -2.46. The Bertz CT molecular complexity index is 631. The lowest BCUT2D eigenvalue weighted by atomic mass is 9.79. The van der Waals surface area contributed by atoms with Crippen LogP contribution in [0.3, 0.4) is 0 Å². The third-order valence-corrected chi connectivity index (χ3v) is 5.90. The minimum atomic E-state index is -0.385. The number of amides is 3. The van der Waals surface area contributed by atoms with Gasteiger partial charge in [-0.15, -0.1) is 0 Å². The molecule has 2 atom stereocenters. The summed E-state index contributed by atoms with van der Waals surface area (Å²) in [5.41, 5.74) is 1.15. The molecule has 2 heterocycles. The van der Waals surface area contributed by atoms with Crippen LogP contribution < -0.4 is 10.6 Å². The molecule has 0 aromatic heterocycles. The van der Waals surface area contributed by atoms with Gasteiger partial charge < -0.3 is 10.1 Å². The molecule has 0 radical (unpaired) electrons. The van der Waals surface area contributed by atoms with Crippen LogP contribution in [0.15, 0.2) is 30.3 Å². The van der Waals surface area contributed by atoms with Gasteiger partial charge in [-0.05, 0) is 50.6 Å². The Balaban J connectivity index is 1.85. The van der Waals surface area contributed by atoms with Gasteiger partial charge in [0.15, 0.2) is 0 Å². The first-order valence-corrected chi connectivity index (χ1v) is 10.0. The lowest BCUT2D eigenvalue weighted by Gasteiger charge is -2.44. The van der Waals surface area contributed by atoms with E-state index in [0.717, 1.165) is 51.9 Å². The molecule has 2 fully saturated rings. The Morgan fingerprint density at radius 2 is 1.96 bits per heavy atom. The first kappa shape index (κ1) is 19.8.